The van der Waals surface area contributed by atoms with Crippen molar-refractivity contribution in [2.24, 2.45) is 0 Å². The first-order chi connectivity index (χ1) is 15.4. The molecule has 0 saturated heterocycles. The van der Waals surface area contributed by atoms with Crippen molar-refractivity contribution in [1.82, 2.24) is 0 Å². The van der Waals surface area contributed by atoms with Crippen molar-refractivity contribution in [2.75, 3.05) is 6.61 Å². The Balaban J connectivity index is 4.28. The summed E-state index contributed by atoms with van der Waals surface area (Å²) in [5.41, 5.74) is 0. The van der Waals surface area contributed by atoms with Crippen LogP contribution in [0.25, 0.3) is 0 Å². The molecule has 0 rings (SSSR count). The number of unbranched alkanes of at least 4 members (excludes halogenated alkanes) is 10. The van der Waals surface area contributed by atoms with Crippen LogP contribution in [0.4, 0.5) is 0 Å². The van der Waals surface area contributed by atoms with Crippen LogP contribution in [0.3, 0.4) is 0 Å². The second-order valence-corrected chi connectivity index (χ2v) is 8.73. The SMILES string of the molecule is CCCCCCCCC(OC(C)=O)C(CCCCCCCC(=O)OCCCC)OC(C)=O. The fourth-order valence-corrected chi connectivity index (χ4v) is 3.74. The molecule has 6 nitrogen and oxygen atoms in total. The van der Waals surface area contributed by atoms with Crippen LogP contribution in [0.1, 0.15) is 130 Å². The average molecular weight is 457 g/mol. The molecule has 0 aliphatic carbocycles. The Hall–Kier alpha value is -1.59. The molecule has 188 valence electrons. The lowest BCUT2D eigenvalue weighted by Crippen LogP contribution is -2.34. The Labute approximate surface area is 196 Å². The van der Waals surface area contributed by atoms with Crippen molar-refractivity contribution in [3.05, 3.63) is 0 Å². The molecule has 0 fully saturated rings. The number of carbonyl (C=O) groups excluding carboxylic acids is 3. The van der Waals surface area contributed by atoms with Crippen LogP contribution in [-0.4, -0.2) is 36.7 Å². The van der Waals surface area contributed by atoms with Crippen molar-refractivity contribution in [2.45, 2.75) is 143 Å². The summed E-state index contributed by atoms with van der Waals surface area (Å²) in [7, 11) is 0. The Kier molecular flexibility index (Phi) is 20.2. The molecule has 0 aromatic carbocycles. The molecule has 0 aliphatic heterocycles. The van der Waals surface area contributed by atoms with E-state index >= 15 is 0 Å². The Morgan fingerprint density at radius 1 is 0.594 bits per heavy atom. The van der Waals surface area contributed by atoms with E-state index in [1.54, 1.807) is 0 Å². The molecule has 0 aliphatic rings. The largest absolute Gasteiger partial charge is 0.466 e. The van der Waals surface area contributed by atoms with Crippen LogP contribution in [-0.2, 0) is 28.6 Å². The van der Waals surface area contributed by atoms with Crippen molar-refractivity contribution >= 4 is 17.9 Å². The lowest BCUT2D eigenvalue weighted by atomic mass is 9.99. The topological polar surface area (TPSA) is 78.9 Å². The molecule has 2 atom stereocenters. The van der Waals surface area contributed by atoms with E-state index in [1.807, 2.05) is 0 Å². The van der Waals surface area contributed by atoms with Gasteiger partial charge in [0, 0.05) is 20.3 Å². The van der Waals surface area contributed by atoms with Gasteiger partial charge in [-0.25, -0.2) is 0 Å². The summed E-state index contributed by atoms with van der Waals surface area (Å²) in [5, 5.41) is 0. The zero-order valence-electron chi connectivity index (χ0n) is 21.1. The highest BCUT2D eigenvalue weighted by Gasteiger charge is 2.26. The molecule has 0 spiro atoms. The first-order valence-corrected chi connectivity index (χ1v) is 12.9. The van der Waals surface area contributed by atoms with E-state index < -0.39 is 0 Å². The van der Waals surface area contributed by atoms with E-state index in [4.69, 9.17) is 14.2 Å². The molecular formula is C26H48O6. The third kappa shape index (κ3) is 19.1. The van der Waals surface area contributed by atoms with Gasteiger partial charge in [0.2, 0.25) is 0 Å². The molecule has 32 heavy (non-hydrogen) atoms. The monoisotopic (exact) mass is 456 g/mol. The van der Waals surface area contributed by atoms with E-state index in [0.29, 0.717) is 19.4 Å². The quantitative estimate of drug-likeness (QED) is 0.109. The van der Waals surface area contributed by atoms with Gasteiger partial charge >= 0.3 is 17.9 Å². The second kappa shape index (κ2) is 21.3. The molecule has 0 saturated carbocycles. The number of ether oxygens (including phenoxy) is 3. The van der Waals surface area contributed by atoms with Crippen molar-refractivity contribution in [1.29, 1.82) is 0 Å². The summed E-state index contributed by atoms with van der Waals surface area (Å²) < 4.78 is 16.2. The summed E-state index contributed by atoms with van der Waals surface area (Å²) in [4.78, 5) is 34.8. The van der Waals surface area contributed by atoms with E-state index in [0.717, 1.165) is 64.2 Å². The molecule has 6 heteroatoms. The Morgan fingerprint density at radius 3 is 1.50 bits per heavy atom. The minimum Gasteiger partial charge on any atom is -0.466 e. The van der Waals surface area contributed by atoms with Gasteiger partial charge < -0.3 is 14.2 Å². The summed E-state index contributed by atoms with van der Waals surface area (Å²) in [5.74, 6) is -0.770. The van der Waals surface area contributed by atoms with Gasteiger partial charge in [0.15, 0.2) is 0 Å². The summed E-state index contributed by atoms with van der Waals surface area (Å²) in [6.45, 7) is 7.61. The average Bonchev–Trinajstić information content (AvgIpc) is 2.73. The molecule has 0 radical (unpaired) electrons. The van der Waals surface area contributed by atoms with Gasteiger partial charge in [0.05, 0.1) is 6.61 Å². The standard InChI is InChI=1S/C26H48O6/c1-5-7-9-10-12-15-18-24(31-22(3)27)25(32-23(4)28)19-16-13-11-14-17-20-26(29)30-21-8-6-2/h24-25H,5-21H2,1-4H3. The van der Waals surface area contributed by atoms with Crippen LogP contribution < -0.4 is 0 Å². The predicted molar refractivity (Wildman–Crippen MR) is 127 cm³/mol. The Morgan fingerprint density at radius 2 is 1.03 bits per heavy atom. The summed E-state index contributed by atoms with van der Waals surface area (Å²) in [6.07, 6.45) is 14.8. The van der Waals surface area contributed by atoms with Crippen molar-refractivity contribution < 1.29 is 28.6 Å². The third-order valence-electron chi connectivity index (χ3n) is 5.52. The van der Waals surface area contributed by atoms with Gasteiger partial charge in [-0.15, -0.1) is 0 Å². The maximum Gasteiger partial charge on any atom is 0.305 e. The molecule has 0 aromatic rings. The highest BCUT2D eigenvalue weighted by molar-refractivity contribution is 5.69. The van der Waals surface area contributed by atoms with Gasteiger partial charge in [-0.2, -0.15) is 0 Å². The maximum atomic E-state index is 11.6. The fourth-order valence-electron chi connectivity index (χ4n) is 3.74. The predicted octanol–water partition coefficient (Wildman–Crippen LogP) is 6.67. The number of hydrogen-bond donors (Lipinski definition) is 0. The van der Waals surface area contributed by atoms with Crippen LogP contribution in [0, 0.1) is 0 Å². The van der Waals surface area contributed by atoms with Crippen molar-refractivity contribution in [3.63, 3.8) is 0 Å². The van der Waals surface area contributed by atoms with Gasteiger partial charge in [-0.1, -0.05) is 71.6 Å². The lowest BCUT2D eigenvalue weighted by Gasteiger charge is -2.26. The highest BCUT2D eigenvalue weighted by Crippen LogP contribution is 2.20. The molecule has 0 heterocycles. The molecule has 2 unspecified atom stereocenters. The van der Waals surface area contributed by atoms with Gasteiger partial charge in [-0.3, -0.25) is 14.4 Å². The zero-order chi connectivity index (χ0) is 24.0. The van der Waals surface area contributed by atoms with Gasteiger partial charge in [0.1, 0.15) is 12.2 Å². The normalized spacial score (nSPS) is 12.8. The minimum absolute atomic E-state index is 0.104. The summed E-state index contributed by atoms with van der Waals surface area (Å²) >= 11 is 0. The first kappa shape index (κ1) is 30.4. The van der Waals surface area contributed by atoms with Crippen LogP contribution >= 0.6 is 0 Å². The van der Waals surface area contributed by atoms with Crippen molar-refractivity contribution in [3.8, 4) is 0 Å². The fraction of sp³-hybridized carbons (Fsp3) is 0.885. The smallest absolute Gasteiger partial charge is 0.305 e. The van der Waals surface area contributed by atoms with Crippen LogP contribution in [0.2, 0.25) is 0 Å². The zero-order valence-corrected chi connectivity index (χ0v) is 21.1. The number of carbonyl (C=O) groups is 3. The van der Waals surface area contributed by atoms with Gasteiger partial charge in [0.25, 0.3) is 0 Å². The lowest BCUT2D eigenvalue weighted by molar-refractivity contribution is -0.166. The first-order valence-electron chi connectivity index (χ1n) is 12.9. The second-order valence-electron chi connectivity index (χ2n) is 8.73. The third-order valence-corrected chi connectivity index (χ3v) is 5.52. The molecule has 0 N–H and O–H groups in total. The molecular weight excluding hydrogens is 408 g/mol. The Bertz CT molecular complexity index is 491. The van der Waals surface area contributed by atoms with E-state index in [9.17, 15) is 14.4 Å². The number of esters is 3. The van der Waals surface area contributed by atoms with Gasteiger partial charge in [-0.05, 0) is 38.5 Å². The summed E-state index contributed by atoms with van der Waals surface area (Å²) in [6, 6.07) is 0. The minimum atomic E-state index is -0.388. The number of rotatable bonds is 21. The maximum absolute atomic E-state index is 11.6. The van der Waals surface area contributed by atoms with E-state index in [-0.39, 0.29) is 30.1 Å². The van der Waals surface area contributed by atoms with Crippen LogP contribution in [0.5, 0.6) is 0 Å². The van der Waals surface area contributed by atoms with Crippen LogP contribution in [0.15, 0.2) is 0 Å². The molecule has 0 amide bonds. The molecule has 0 aromatic heterocycles. The number of hydrogen-bond acceptors (Lipinski definition) is 6. The van der Waals surface area contributed by atoms with E-state index in [1.165, 1.54) is 39.5 Å². The molecule has 0 bridgehead atoms. The highest BCUT2D eigenvalue weighted by atomic mass is 16.6. The van der Waals surface area contributed by atoms with E-state index in [2.05, 4.69) is 13.8 Å².